The molecule has 1 unspecified atom stereocenters. The van der Waals surface area contributed by atoms with E-state index in [1.165, 1.54) is 6.07 Å². The van der Waals surface area contributed by atoms with Gasteiger partial charge in [-0.2, -0.15) is 5.26 Å². The summed E-state index contributed by atoms with van der Waals surface area (Å²) >= 11 is 3.24. The lowest BCUT2D eigenvalue weighted by Crippen LogP contribution is -2.38. The number of benzene rings is 1. The number of halogens is 1. The van der Waals surface area contributed by atoms with Gasteiger partial charge in [0.05, 0.1) is 17.6 Å². The highest BCUT2D eigenvalue weighted by molar-refractivity contribution is 9.10. The van der Waals surface area contributed by atoms with E-state index in [1.807, 2.05) is 0 Å². The molecule has 0 aliphatic carbocycles. The van der Waals surface area contributed by atoms with Crippen molar-refractivity contribution in [2.45, 2.75) is 32.2 Å². The van der Waals surface area contributed by atoms with Gasteiger partial charge in [0.15, 0.2) is 5.75 Å². The molecule has 0 aliphatic rings. The normalized spacial score (nSPS) is 13.3. The Morgan fingerprint density at radius 1 is 1.57 bits per heavy atom. The Morgan fingerprint density at radius 3 is 2.76 bits per heavy atom. The predicted octanol–water partition coefficient (Wildman–Crippen LogP) is 3.33. The number of hydrogen-bond acceptors (Lipinski definition) is 5. The molecule has 0 amide bonds. The first-order valence-electron chi connectivity index (χ1n) is 6.50. The average molecular weight is 356 g/mol. The van der Waals surface area contributed by atoms with Crippen LogP contribution in [0.2, 0.25) is 0 Å². The molecule has 6 nitrogen and oxygen atoms in total. The van der Waals surface area contributed by atoms with E-state index in [0.717, 1.165) is 0 Å². The van der Waals surface area contributed by atoms with Crippen LogP contribution in [0.1, 0.15) is 25.3 Å². The van der Waals surface area contributed by atoms with Crippen LogP contribution in [-0.4, -0.2) is 24.1 Å². The van der Waals surface area contributed by atoms with Crippen LogP contribution < -0.4 is 10.1 Å². The minimum atomic E-state index is -0.607. The number of nitro groups is 1. The Hall–Kier alpha value is -1.65. The Bertz CT molecular complexity index is 571. The van der Waals surface area contributed by atoms with Crippen molar-refractivity contribution in [3.8, 4) is 11.8 Å². The second kappa shape index (κ2) is 7.38. The second-order valence-electron chi connectivity index (χ2n) is 4.97. The van der Waals surface area contributed by atoms with Crippen LogP contribution in [-0.2, 0) is 0 Å². The quantitative estimate of drug-likeness (QED) is 0.460. The summed E-state index contributed by atoms with van der Waals surface area (Å²) in [5, 5.41) is 23.1. The van der Waals surface area contributed by atoms with Gasteiger partial charge in [-0.05, 0) is 45.4 Å². The number of nitrogens with one attached hydrogen (secondary N) is 1. The van der Waals surface area contributed by atoms with Crippen LogP contribution in [0.25, 0.3) is 0 Å². The van der Waals surface area contributed by atoms with Crippen molar-refractivity contribution in [3.05, 3.63) is 32.3 Å². The summed E-state index contributed by atoms with van der Waals surface area (Å²) in [6.45, 7) is 3.89. The fourth-order valence-electron chi connectivity index (χ4n) is 1.87. The van der Waals surface area contributed by atoms with E-state index in [1.54, 1.807) is 27.0 Å². The van der Waals surface area contributed by atoms with Crippen molar-refractivity contribution in [2.75, 3.05) is 13.7 Å². The van der Waals surface area contributed by atoms with Gasteiger partial charge in [-0.25, -0.2) is 0 Å². The smallest absolute Gasteiger partial charge is 0.312 e. The summed E-state index contributed by atoms with van der Waals surface area (Å²) in [6, 6.07) is 5.39. The number of aryl methyl sites for hydroxylation is 1. The van der Waals surface area contributed by atoms with Crippen LogP contribution in [0.15, 0.2) is 16.6 Å². The van der Waals surface area contributed by atoms with E-state index in [9.17, 15) is 10.1 Å². The van der Waals surface area contributed by atoms with E-state index in [2.05, 4.69) is 27.3 Å². The molecule has 1 aromatic rings. The van der Waals surface area contributed by atoms with Crippen LogP contribution in [0.4, 0.5) is 5.69 Å². The third-order valence-corrected chi connectivity index (χ3v) is 3.74. The van der Waals surface area contributed by atoms with E-state index in [-0.39, 0.29) is 11.4 Å². The lowest BCUT2D eigenvalue weighted by molar-refractivity contribution is -0.386. The highest BCUT2D eigenvalue weighted by atomic mass is 79.9. The van der Waals surface area contributed by atoms with Crippen LogP contribution in [0, 0.1) is 28.4 Å². The highest BCUT2D eigenvalue weighted by Gasteiger charge is 2.22. The Kier molecular flexibility index (Phi) is 6.12. The monoisotopic (exact) mass is 355 g/mol. The van der Waals surface area contributed by atoms with E-state index in [4.69, 9.17) is 10.00 Å². The Balaban J connectivity index is 2.73. The lowest BCUT2D eigenvalue weighted by Gasteiger charge is -2.20. The molecule has 0 spiro atoms. The molecule has 1 N–H and O–H groups in total. The van der Waals surface area contributed by atoms with E-state index in [0.29, 0.717) is 29.5 Å². The number of nitrogens with zero attached hydrogens (tertiary/aromatic N) is 2. The van der Waals surface area contributed by atoms with Gasteiger partial charge in [0.2, 0.25) is 0 Å². The molecule has 1 rings (SSSR count). The van der Waals surface area contributed by atoms with Crippen molar-refractivity contribution >= 4 is 21.6 Å². The number of rotatable bonds is 7. The number of nitro benzene ring substituents is 1. The topological polar surface area (TPSA) is 88.2 Å². The third kappa shape index (κ3) is 4.69. The maximum absolute atomic E-state index is 11.1. The van der Waals surface area contributed by atoms with Gasteiger partial charge in [-0.1, -0.05) is 15.9 Å². The molecule has 0 fully saturated rings. The maximum atomic E-state index is 11.1. The number of nitriles is 1. The molecule has 114 valence electrons. The highest BCUT2D eigenvalue weighted by Crippen LogP contribution is 2.34. The van der Waals surface area contributed by atoms with Crippen LogP contribution in [0.3, 0.4) is 0 Å². The van der Waals surface area contributed by atoms with E-state index < -0.39 is 10.5 Å². The minimum Gasteiger partial charge on any atom is -0.487 e. The lowest BCUT2D eigenvalue weighted by atomic mass is 9.98. The summed E-state index contributed by atoms with van der Waals surface area (Å²) in [6.07, 6.45) is 1.22. The van der Waals surface area contributed by atoms with Gasteiger partial charge in [0.1, 0.15) is 5.54 Å². The van der Waals surface area contributed by atoms with Crippen LogP contribution >= 0.6 is 15.9 Å². The predicted molar refractivity (Wildman–Crippen MR) is 83.3 cm³/mol. The molecule has 0 saturated carbocycles. The summed E-state index contributed by atoms with van der Waals surface area (Å²) in [5.41, 5.74) is 0.0376. The molecule has 0 saturated heterocycles. The van der Waals surface area contributed by atoms with Gasteiger partial charge in [-0.15, -0.1) is 0 Å². The maximum Gasteiger partial charge on any atom is 0.312 e. The fraction of sp³-hybridized carbons (Fsp3) is 0.500. The first-order valence-corrected chi connectivity index (χ1v) is 7.30. The van der Waals surface area contributed by atoms with Gasteiger partial charge in [0.25, 0.3) is 0 Å². The van der Waals surface area contributed by atoms with E-state index >= 15 is 0 Å². The van der Waals surface area contributed by atoms with Crippen LogP contribution in [0.5, 0.6) is 5.75 Å². The van der Waals surface area contributed by atoms with Gasteiger partial charge in [-0.3, -0.25) is 10.1 Å². The summed E-state index contributed by atoms with van der Waals surface area (Å²) < 4.78 is 6.21. The Morgan fingerprint density at radius 2 is 2.24 bits per heavy atom. The first-order chi connectivity index (χ1) is 9.83. The molecule has 0 bridgehead atoms. The molecule has 21 heavy (non-hydrogen) atoms. The Labute approximate surface area is 132 Å². The standard InChI is InChI=1S/C14H18BrN3O3/c1-10-7-11(15)8-12(18(19)20)13(10)21-6-4-5-14(2,9-16)17-3/h7-8,17H,4-6H2,1-3H3. The molecule has 1 atom stereocenters. The average Bonchev–Trinajstić information content (AvgIpc) is 2.44. The molecular weight excluding hydrogens is 338 g/mol. The zero-order valence-corrected chi connectivity index (χ0v) is 13.9. The second-order valence-corrected chi connectivity index (χ2v) is 5.89. The van der Waals surface area contributed by atoms with Crippen molar-refractivity contribution in [3.63, 3.8) is 0 Å². The SMILES string of the molecule is CNC(C)(C#N)CCCOc1c(C)cc(Br)cc1[N+](=O)[O-]. The largest absolute Gasteiger partial charge is 0.487 e. The van der Waals surface area contributed by atoms with Gasteiger partial charge in [0, 0.05) is 10.5 Å². The van der Waals surface area contributed by atoms with Crippen molar-refractivity contribution in [2.24, 2.45) is 0 Å². The molecule has 1 aromatic carbocycles. The summed E-state index contributed by atoms with van der Waals surface area (Å²) in [7, 11) is 1.73. The molecule has 0 radical (unpaired) electrons. The van der Waals surface area contributed by atoms with Crippen molar-refractivity contribution in [1.82, 2.24) is 5.32 Å². The fourth-order valence-corrected chi connectivity index (χ4v) is 2.43. The zero-order valence-electron chi connectivity index (χ0n) is 12.3. The minimum absolute atomic E-state index is 0.0569. The molecule has 0 aliphatic heterocycles. The van der Waals surface area contributed by atoms with Crippen molar-refractivity contribution < 1.29 is 9.66 Å². The molecular formula is C14H18BrN3O3. The van der Waals surface area contributed by atoms with Crippen molar-refractivity contribution in [1.29, 1.82) is 5.26 Å². The molecule has 7 heteroatoms. The number of hydrogen-bond donors (Lipinski definition) is 1. The zero-order chi connectivity index (χ0) is 16.0. The van der Waals surface area contributed by atoms with Gasteiger partial charge >= 0.3 is 5.69 Å². The number of ether oxygens (including phenoxy) is 1. The molecule has 0 aromatic heterocycles. The first kappa shape index (κ1) is 17.4. The summed E-state index contributed by atoms with van der Waals surface area (Å²) in [4.78, 5) is 10.6. The third-order valence-electron chi connectivity index (χ3n) is 3.28. The van der Waals surface area contributed by atoms with Gasteiger partial charge < -0.3 is 10.1 Å². The molecule has 0 heterocycles. The summed E-state index contributed by atoms with van der Waals surface area (Å²) in [5.74, 6) is 0.284.